The van der Waals surface area contributed by atoms with E-state index in [1.54, 1.807) is 37.2 Å². The van der Waals surface area contributed by atoms with Gasteiger partial charge < -0.3 is 15.3 Å². The molecular weight excluding hydrogens is 633 g/mol. The van der Waals surface area contributed by atoms with Crippen LogP contribution < -0.4 is 5.32 Å². The van der Waals surface area contributed by atoms with E-state index in [0.29, 0.717) is 12.1 Å². The molecule has 0 saturated heterocycles. The number of benzene rings is 1. The number of pyridine rings is 3. The Morgan fingerprint density at radius 2 is 0.824 bits per heavy atom. The molecule has 51 heavy (non-hydrogen) atoms. The normalized spacial score (nSPS) is 11.8. The van der Waals surface area contributed by atoms with Crippen molar-refractivity contribution in [3.8, 4) is 44.5 Å². The van der Waals surface area contributed by atoms with Gasteiger partial charge in [0.2, 0.25) is 6.41 Å². The van der Waals surface area contributed by atoms with Crippen molar-refractivity contribution < 1.29 is 4.79 Å². The molecule has 0 aliphatic carbocycles. The van der Waals surface area contributed by atoms with Crippen LogP contribution in [0.3, 0.4) is 0 Å². The molecule has 2 aliphatic heterocycles. The van der Waals surface area contributed by atoms with Gasteiger partial charge in [0.25, 0.3) is 0 Å². The number of fused-ring (bicyclic) bond motifs is 8. The summed E-state index contributed by atoms with van der Waals surface area (Å²) >= 11 is 0. The largest absolute Gasteiger partial charge is 0.354 e. The third-order valence-electron chi connectivity index (χ3n) is 9.04. The van der Waals surface area contributed by atoms with Gasteiger partial charge in [-0.1, -0.05) is 12.1 Å². The minimum absolute atomic E-state index is 0.683. The summed E-state index contributed by atoms with van der Waals surface area (Å²) in [7, 11) is 0. The predicted octanol–water partition coefficient (Wildman–Crippen LogP) is 9.08. The Morgan fingerprint density at radius 3 is 1.20 bits per heavy atom. The Balaban J connectivity index is 1.47. The molecule has 0 atom stereocenters. The van der Waals surface area contributed by atoms with E-state index in [4.69, 9.17) is 9.97 Å². The summed E-state index contributed by atoms with van der Waals surface area (Å²) in [6, 6.07) is 28.1. The highest BCUT2D eigenvalue weighted by atomic mass is 16.1. The maximum Gasteiger partial charge on any atom is 0.211 e. The van der Waals surface area contributed by atoms with Gasteiger partial charge in [0, 0.05) is 87.2 Å². The molecular formula is C42H28N8O. The number of carbonyl (C=O) groups is 1. The number of hydrogen-bond acceptors (Lipinski definition) is 6. The number of nitrogens with one attached hydrogen (secondary N) is 3. The van der Waals surface area contributed by atoms with Crippen LogP contribution in [0.15, 0.2) is 122 Å². The Hall–Kier alpha value is -7.26. The van der Waals surface area contributed by atoms with Crippen LogP contribution in [0.25, 0.3) is 90.9 Å². The molecule has 9 heteroatoms. The van der Waals surface area contributed by atoms with Gasteiger partial charge >= 0.3 is 0 Å². The molecule has 3 N–H and O–H groups in total. The Morgan fingerprint density at radius 1 is 0.451 bits per heavy atom. The van der Waals surface area contributed by atoms with E-state index in [1.165, 1.54) is 0 Å². The Bertz CT molecular complexity index is 2640. The minimum atomic E-state index is 0.683. The van der Waals surface area contributed by atoms with Crippen molar-refractivity contribution >= 4 is 58.5 Å². The van der Waals surface area contributed by atoms with Crippen molar-refractivity contribution in [3.05, 3.63) is 145 Å². The van der Waals surface area contributed by atoms with Crippen LogP contribution in [0.5, 0.6) is 0 Å². The Kier molecular flexibility index (Phi) is 7.40. The maximum absolute atomic E-state index is 11.4. The highest BCUT2D eigenvalue weighted by Gasteiger charge is 2.19. The molecule has 8 heterocycles. The first-order valence-electron chi connectivity index (χ1n) is 16.4. The Labute approximate surface area is 292 Å². The highest BCUT2D eigenvalue weighted by molar-refractivity contribution is 6.00. The van der Waals surface area contributed by atoms with Crippen LogP contribution in [0.4, 0.5) is 5.69 Å². The van der Waals surface area contributed by atoms with Crippen molar-refractivity contribution in [1.29, 1.82) is 0 Å². The van der Waals surface area contributed by atoms with E-state index in [-0.39, 0.29) is 0 Å². The zero-order valence-corrected chi connectivity index (χ0v) is 27.1. The number of rotatable bonds is 6. The number of anilines is 1. The maximum atomic E-state index is 11.4. The molecule has 0 spiro atoms. The average molecular weight is 661 g/mol. The van der Waals surface area contributed by atoms with Crippen molar-refractivity contribution in [2.75, 3.05) is 5.32 Å². The molecule has 8 bridgehead atoms. The molecule has 0 radical (unpaired) electrons. The monoisotopic (exact) mass is 660 g/mol. The zero-order valence-electron chi connectivity index (χ0n) is 27.1. The number of hydrogen-bond donors (Lipinski definition) is 3. The van der Waals surface area contributed by atoms with Crippen LogP contribution in [-0.4, -0.2) is 41.3 Å². The fraction of sp³-hybridized carbons (Fsp3) is 0. The van der Waals surface area contributed by atoms with E-state index in [9.17, 15) is 4.79 Å². The molecule has 9 rings (SSSR count). The lowest BCUT2D eigenvalue weighted by Crippen LogP contribution is -1.94. The second kappa shape index (κ2) is 12.6. The molecule has 6 aromatic heterocycles. The van der Waals surface area contributed by atoms with Gasteiger partial charge in [-0.2, -0.15) is 0 Å². The van der Waals surface area contributed by atoms with E-state index < -0.39 is 0 Å². The molecule has 9 nitrogen and oxygen atoms in total. The van der Waals surface area contributed by atoms with Crippen LogP contribution in [0, 0.1) is 0 Å². The van der Waals surface area contributed by atoms with Gasteiger partial charge in [-0.25, -0.2) is 9.97 Å². The van der Waals surface area contributed by atoms with Crippen LogP contribution in [0.1, 0.15) is 22.8 Å². The van der Waals surface area contributed by atoms with Gasteiger partial charge in [-0.05, 0) is 119 Å². The van der Waals surface area contributed by atoms with Gasteiger partial charge in [-0.3, -0.25) is 19.7 Å². The summed E-state index contributed by atoms with van der Waals surface area (Å²) in [5, 5.41) is 2.80. The topological polar surface area (TPSA) is 125 Å². The first kappa shape index (κ1) is 29.8. The van der Waals surface area contributed by atoms with Crippen LogP contribution in [0.2, 0.25) is 0 Å². The third kappa shape index (κ3) is 5.48. The molecule has 2 aliphatic rings. The van der Waals surface area contributed by atoms with Gasteiger partial charge in [0.05, 0.1) is 22.8 Å². The first-order valence-corrected chi connectivity index (χ1v) is 16.4. The fourth-order valence-electron chi connectivity index (χ4n) is 6.81. The van der Waals surface area contributed by atoms with E-state index in [1.807, 2.05) is 72.8 Å². The van der Waals surface area contributed by atoms with Crippen LogP contribution >= 0.6 is 0 Å². The molecule has 7 aromatic rings. The lowest BCUT2D eigenvalue weighted by molar-refractivity contribution is -0.105. The number of H-pyrrole nitrogens is 2. The molecule has 0 fully saturated rings. The van der Waals surface area contributed by atoms with Crippen molar-refractivity contribution in [2.45, 2.75) is 0 Å². The van der Waals surface area contributed by atoms with Gasteiger partial charge in [0.1, 0.15) is 0 Å². The summed E-state index contributed by atoms with van der Waals surface area (Å²) in [6.45, 7) is 0. The summed E-state index contributed by atoms with van der Waals surface area (Å²) in [6.07, 6.45) is 19.7. The smallest absolute Gasteiger partial charge is 0.211 e. The lowest BCUT2D eigenvalue weighted by Gasteiger charge is -2.07. The fourth-order valence-corrected chi connectivity index (χ4v) is 6.81. The summed E-state index contributed by atoms with van der Waals surface area (Å²) in [5.41, 5.74) is 15.0. The molecule has 1 aromatic carbocycles. The molecule has 1 amide bonds. The van der Waals surface area contributed by atoms with Gasteiger partial charge in [-0.15, -0.1) is 0 Å². The highest BCUT2D eigenvalue weighted by Crippen LogP contribution is 2.38. The SMILES string of the molecule is O=CNc1cccc(-c2c3nc(c(-c4ccncc4)c4ccc([nH]4)c(-c4ccncc4)c4nc(c(-c5ccncc5)c5ccc2[nH]5)C=C4)C=C3)c1. The quantitative estimate of drug-likeness (QED) is 0.153. The van der Waals surface area contributed by atoms with Crippen molar-refractivity contribution in [3.63, 3.8) is 0 Å². The van der Waals surface area contributed by atoms with Crippen molar-refractivity contribution in [2.24, 2.45) is 0 Å². The zero-order chi connectivity index (χ0) is 34.1. The second-order valence-corrected chi connectivity index (χ2v) is 12.1. The number of carbonyl (C=O) groups excluding carboxylic acids is 1. The molecule has 0 unspecified atom stereocenters. The van der Waals surface area contributed by atoms with E-state index >= 15 is 0 Å². The summed E-state index contributed by atoms with van der Waals surface area (Å²) in [4.78, 5) is 42.3. The predicted molar refractivity (Wildman–Crippen MR) is 204 cm³/mol. The number of nitrogens with zero attached hydrogens (tertiary/aromatic N) is 5. The van der Waals surface area contributed by atoms with Gasteiger partial charge in [0.15, 0.2) is 0 Å². The third-order valence-corrected chi connectivity index (χ3v) is 9.04. The summed E-state index contributed by atoms with van der Waals surface area (Å²) < 4.78 is 0. The molecule has 242 valence electrons. The standard InChI is InChI=1S/C42H28N8O/c51-25-46-30-3-1-2-29(24-30)42-37-10-8-35(49-37)40(27-14-20-44-21-15-27)33-6-4-31(47-33)39(26-12-18-43-19-13-26)32-5-7-34(48-32)41(28-16-22-45-23-17-28)36-9-11-38(42)50-36/h1-25,47,50H,(H,46,51). The minimum Gasteiger partial charge on any atom is -0.354 e. The number of amides is 1. The summed E-state index contributed by atoms with van der Waals surface area (Å²) in [5.74, 6) is 0. The van der Waals surface area contributed by atoms with E-state index in [0.717, 1.165) is 89.4 Å². The number of aromatic nitrogens is 7. The van der Waals surface area contributed by atoms with Crippen molar-refractivity contribution in [1.82, 2.24) is 34.9 Å². The van der Waals surface area contributed by atoms with E-state index in [2.05, 4.69) is 66.7 Å². The second-order valence-electron chi connectivity index (χ2n) is 12.1. The molecule has 0 saturated carbocycles. The van der Waals surface area contributed by atoms with Crippen LogP contribution in [-0.2, 0) is 4.79 Å². The first-order chi connectivity index (χ1) is 25.2. The number of aromatic amines is 2. The average Bonchev–Trinajstić information content (AvgIpc) is 4.01. The lowest BCUT2D eigenvalue weighted by atomic mass is 10.0.